The molecule has 0 spiro atoms. The fraction of sp³-hybridized carbons (Fsp3) is 0.528. The van der Waals surface area contributed by atoms with Gasteiger partial charge in [0.05, 0.1) is 24.7 Å². The Morgan fingerprint density at radius 2 is 1.74 bits per heavy atom. The van der Waals surface area contributed by atoms with Gasteiger partial charge in [0.1, 0.15) is 0 Å². The van der Waals surface area contributed by atoms with Gasteiger partial charge in [-0.25, -0.2) is 4.68 Å². The maximum Gasteiger partial charge on any atom is 0.270 e. The summed E-state index contributed by atoms with van der Waals surface area (Å²) >= 11 is 0. The largest absolute Gasteiger partial charge is 0.378 e. The molecule has 7 rings (SSSR count). The van der Waals surface area contributed by atoms with Crippen molar-refractivity contribution in [3.8, 4) is 22.5 Å². The van der Waals surface area contributed by atoms with E-state index in [0.29, 0.717) is 45.1 Å². The first-order chi connectivity index (χ1) is 22.6. The molecule has 2 aliphatic heterocycles. The Morgan fingerprint density at radius 1 is 0.978 bits per heavy atom. The molecule has 2 aromatic heterocycles. The first-order valence-electron chi connectivity index (χ1n) is 17.2. The van der Waals surface area contributed by atoms with Crippen molar-refractivity contribution < 1.29 is 9.53 Å². The predicted molar refractivity (Wildman–Crippen MR) is 176 cm³/mol. The molecule has 10 nitrogen and oxygen atoms in total. The first kappa shape index (κ1) is 30.6. The lowest BCUT2D eigenvalue weighted by Gasteiger charge is -2.48. The number of aromatic nitrogens is 6. The zero-order chi connectivity index (χ0) is 31.5. The Kier molecular flexibility index (Phi) is 8.88. The van der Waals surface area contributed by atoms with Crippen LogP contribution < -0.4 is 5.56 Å². The Balaban J connectivity index is 1.25. The quantitative estimate of drug-likeness (QED) is 0.261. The number of carbonyl (C=O) groups is 1. The highest BCUT2D eigenvalue weighted by molar-refractivity contribution is 5.84. The predicted octanol–water partition coefficient (Wildman–Crippen LogP) is 5.57. The number of rotatable bonds is 9. The van der Waals surface area contributed by atoms with Crippen molar-refractivity contribution in [2.24, 2.45) is 5.41 Å². The van der Waals surface area contributed by atoms with Crippen LogP contribution in [0.2, 0.25) is 0 Å². The van der Waals surface area contributed by atoms with Crippen LogP contribution in [-0.4, -0.2) is 67.1 Å². The maximum atomic E-state index is 14.5. The molecule has 1 aliphatic carbocycles. The number of nitrogens with one attached hydrogen (secondary N) is 1. The van der Waals surface area contributed by atoms with Gasteiger partial charge in [-0.3, -0.25) is 14.3 Å². The molecule has 1 atom stereocenters. The van der Waals surface area contributed by atoms with Gasteiger partial charge in [0.2, 0.25) is 11.7 Å². The number of fused-ring (bicyclic) bond motifs is 1. The average Bonchev–Trinajstić information content (AvgIpc) is 3.75. The van der Waals surface area contributed by atoms with Crippen molar-refractivity contribution in [3.63, 3.8) is 0 Å². The van der Waals surface area contributed by atoms with E-state index in [1.54, 1.807) is 0 Å². The number of nitrogens with zero attached hydrogens (tertiary/aromatic N) is 6. The fourth-order valence-electron chi connectivity index (χ4n) is 8.25. The molecule has 1 amide bonds. The molecule has 4 heterocycles. The van der Waals surface area contributed by atoms with Crippen molar-refractivity contribution in [2.75, 3.05) is 26.3 Å². The molecule has 2 fully saturated rings. The molecule has 0 radical (unpaired) electrons. The van der Waals surface area contributed by atoms with Crippen LogP contribution in [0.1, 0.15) is 87.6 Å². The van der Waals surface area contributed by atoms with Gasteiger partial charge in [-0.1, -0.05) is 81.1 Å². The summed E-state index contributed by atoms with van der Waals surface area (Å²) in [6, 6.07) is 16.6. The van der Waals surface area contributed by atoms with Crippen LogP contribution in [0.15, 0.2) is 53.3 Å². The molecule has 0 bridgehead atoms. The van der Waals surface area contributed by atoms with E-state index in [-0.39, 0.29) is 17.5 Å². The van der Waals surface area contributed by atoms with E-state index in [1.807, 2.05) is 22.9 Å². The third-order valence-corrected chi connectivity index (χ3v) is 10.6. The van der Waals surface area contributed by atoms with Crippen molar-refractivity contribution >= 4 is 5.91 Å². The highest BCUT2D eigenvalue weighted by Crippen LogP contribution is 2.50. The molecule has 1 saturated carbocycles. The number of carbonyl (C=O) groups excluding carboxylic acids is 1. The van der Waals surface area contributed by atoms with E-state index in [0.717, 1.165) is 91.3 Å². The lowest BCUT2D eigenvalue weighted by molar-refractivity contribution is -0.153. The number of unbranched alkanes of at least 4 members (excludes halogenated alkanes) is 1. The zero-order valence-electron chi connectivity index (χ0n) is 26.9. The van der Waals surface area contributed by atoms with E-state index in [4.69, 9.17) is 4.74 Å². The second kappa shape index (κ2) is 13.4. The monoisotopic (exact) mass is 623 g/mol. The maximum absolute atomic E-state index is 14.5. The summed E-state index contributed by atoms with van der Waals surface area (Å²) in [7, 11) is 0. The second-order valence-electron chi connectivity index (χ2n) is 13.2. The highest BCUT2D eigenvalue weighted by Gasteiger charge is 2.51. The number of amides is 1. The smallest absolute Gasteiger partial charge is 0.270 e. The minimum atomic E-state index is -0.463. The Morgan fingerprint density at radius 3 is 2.46 bits per heavy atom. The molecule has 2 aromatic carbocycles. The number of H-pyrrole nitrogens is 1. The number of ether oxygens (including phenoxy) is 1. The van der Waals surface area contributed by atoms with Crippen LogP contribution in [0.5, 0.6) is 0 Å². The Bertz CT molecular complexity index is 1690. The minimum Gasteiger partial charge on any atom is -0.378 e. The molecule has 1 saturated heterocycles. The zero-order valence-corrected chi connectivity index (χ0v) is 26.9. The van der Waals surface area contributed by atoms with E-state index < -0.39 is 5.41 Å². The summed E-state index contributed by atoms with van der Waals surface area (Å²) in [6.07, 6.45) is 10.5. The topological polar surface area (TPSA) is 111 Å². The summed E-state index contributed by atoms with van der Waals surface area (Å²) < 4.78 is 9.96. The van der Waals surface area contributed by atoms with Crippen molar-refractivity contribution in [1.82, 2.24) is 34.9 Å². The molecular formula is C36H45N7O3. The van der Waals surface area contributed by atoms with E-state index in [1.165, 1.54) is 6.42 Å². The van der Waals surface area contributed by atoms with Gasteiger partial charge in [0.15, 0.2) is 0 Å². The number of hydrogen-bond acceptors (Lipinski definition) is 6. The fourth-order valence-corrected chi connectivity index (χ4v) is 8.25. The summed E-state index contributed by atoms with van der Waals surface area (Å²) in [4.78, 5) is 30.8. The van der Waals surface area contributed by atoms with Gasteiger partial charge >= 0.3 is 0 Å². The molecule has 4 aromatic rings. The van der Waals surface area contributed by atoms with Crippen molar-refractivity contribution in [1.29, 1.82) is 0 Å². The van der Waals surface area contributed by atoms with Crippen LogP contribution in [0.25, 0.3) is 22.5 Å². The summed E-state index contributed by atoms with van der Waals surface area (Å²) in [5.41, 5.74) is 5.80. The van der Waals surface area contributed by atoms with Gasteiger partial charge in [0, 0.05) is 42.9 Å². The van der Waals surface area contributed by atoms with Crippen LogP contribution in [0.3, 0.4) is 0 Å². The number of morpholine rings is 1. The van der Waals surface area contributed by atoms with Gasteiger partial charge in [-0.05, 0) is 60.4 Å². The number of tetrazole rings is 1. The van der Waals surface area contributed by atoms with Gasteiger partial charge in [-0.15, -0.1) is 10.2 Å². The number of benzene rings is 2. The SMILES string of the molecule is CCCCc1c(Cc2ccc(-c3ccccc3-c3nn[nH]n3)cc2)c(=O)n2n1C(C1(C(=O)N3CCOCC3)CCCCC1)CCC2. The van der Waals surface area contributed by atoms with Crippen LogP contribution >= 0.6 is 0 Å². The van der Waals surface area contributed by atoms with E-state index in [2.05, 4.69) is 67.5 Å². The van der Waals surface area contributed by atoms with Gasteiger partial charge in [0.25, 0.3) is 5.56 Å². The van der Waals surface area contributed by atoms with Crippen molar-refractivity contribution in [3.05, 3.63) is 75.7 Å². The van der Waals surface area contributed by atoms with E-state index in [9.17, 15) is 9.59 Å². The average molecular weight is 624 g/mol. The van der Waals surface area contributed by atoms with Crippen molar-refractivity contribution in [2.45, 2.75) is 90.1 Å². The minimum absolute atomic E-state index is 0.00854. The summed E-state index contributed by atoms with van der Waals surface area (Å²) in [5, 5.41) is 14.7. The molecule has 46 heavy (non-hydrogen) atoms. The highest BCUT2D eigenvalue weighted by atomic mass is 16.5. The second-order valence-corrected chi connectivity index (χ2v) is 13.2. The van der Waals surface area contributed by atoms with Crippen LogP contribution in [0, 0.1) is 5.41 Å². The third kappa shape index (κ3) is 5.61. The normalized spacial score (nSPS) is 19.6. The first-order valence-corrected chi connectivity index (χ1v) is 17.2. The van der Waals surface area contributed by atoms with Gasteiger partial charge in [-0.2, -0.15) is 5.21 Å². The van der Waals surface area contributed by atoms with Crippen LogP contribution in [0.4, 0.5) is 0 Å². The molecule has 1 unspecified atom stereocenters. The molecular weight excluding hydrogens is 578 g/mol. The summed E-state index contributed by atoms with van der Waals surface area (Å²) in [5.74, 6) is 0.847. The summed E-state index contributed by atoms with van der Waals surface area (Å²) in [6.45, 7) is 5.45. The van der Waals surface area contributed by atoms with Gasteiger partial charge < -0.3 is 9.64 Å². The number of hydrogen-bond donors (Lipinski definition) is 1. The molecule has 3 aliphatic rings. The lowest BCUT2D eigenvalue weighted by atomic mass is 9.66. The van der Waals surface area contributed by atoms with Crippen LogP contribution in [-0.2, 0) is 28.9 Å². The Labute approximate surface area is 270 Å². The standard InChI is InChI=1S/C36H45N7O3/c1-2-3-12-31-30(25-26-14-16-27(17-15-26)28-10-5-6-11-29(28)33-37-39-40-38-33)34(44)42-20-9-13-32(43(31)42)36(18-7-4-8-19-36)35(45)41-21-23-46-24-22-41/h5-6,10-11,14-17,32H,2-4,7-9,12-13,18-25H2,1H3,(H,37,38,39,40). The van der Waals surface area contributed by atoms with E-state index >= 15 is 0 Å². The lowest BCUT2D eigenvalue weighted by Crippen LogP contribution is -2.54. The molecule has 242 valence electrons. The Hall–Kier alpha value is -4.05. The third-order valence-electron chi connectivity index (χ3n) is 10.6. The number of aromatic amines is 1. The molecule has 1 N–H and O–H groups in total. The molecule has 10 heteroatoms.